The highest BCUT2D eigenvalue weighted by Crippen LogP contribution is 2.08. The Bertz CT molecular complexity index is 75.8. The Hall–Kier alpha value is 0.310. The van der Waals surface area contributed by atoms with Crippen LogP contribution in [0.3, 0.4) is 0 Å². The molecule has 0 amide bonds. The highest BCUT2D eigenvalue weighted by molar-refractivity contribution is 7.81. The fraction of sp³-hybridized carbons (Fsp3) is 1.00. The molecule has 0 saturated heterocycles. The molecule has 0 radical (unpaired) electrons. The topological polar surface area (TPSA) is 12.0 Å². The molecule has 0 heterocycles. The van der Waals surface area contributed by atoms with Gasteiger partial charge in [0.1, 0.15) is 0 Å². The van der Waals surface area contributed by atoms with Crippen molar-refractivity contribution in [3.8, 4) is 0 Å². The van der Waals surface area contributed by atoms with E-state index in [-0.39, 0.29) is 4.75 Å². The van der Waals surface area contributed by atoms with E-state index in [4.69, 9.17) is 0 Å². The van der Waals surface area contributed by atoms with Crippen molar-refractivity contribution in [2.24, 2.45) is 0 Å². The van der Waals surface area contributed by atoms with E-state index >= 15 is 0 Å². The van der Waals surface area contributed by atoms with Gasteiger partial charge in [0.25, 0.3) is 0 Å². The van der Waals surface area contributed by atoms with E-state index in [1.54, 1.807) is 0 Å². The summed E-state index contributed by atoms with van der Waals surface area (Å²) in [5.74, 6) is 0. The summed E-state index contributed by atoms with van der Waals surface area (Å²) in [6.45, 7) is 8.56. The molecule has 10 heavy (non-hydrogen) atoms. The predicted octanol–water partition coefficient (Wildman–Crippen LogP) is 2.08. The zero-order chi connectivity index (χ0) is 8.04. The quantitative estimate of drug-likeness (QED) is 0.465. The van der Waals surface area contributed by atoms with Crippen molar-refractivity contribution < 1.29 is 0 Å². The number of hydrogen-bond donors (Lipinski definition) is 2. The minimum Gasteiger partial charge on any atom is -0.315 e. The molecular formula is C8H19NS. The molecule has 0 aromatic heterocycles. The minimum absolute atomic E-state index is 0.133. The highest BCUT2D eigenvalue weighted by atomic mass is 32.1. The van der Waals surface area contributed by atoms with E-state index in [1.807, 2.05) is 0 Å². The maximum atomic E-state index is 4.39. The monoisotopic (exact) mass is 161 g/mol. The van der Waals surface area contributed by atoms with Crippen molar-refractivity contribution in [1.82, 2.24) is 5.32 Å². The van der Waals surface area contributed by atoms with Gasteiger partial charge >= 0.3 is 0 Å². The molecule has 0 aromatic carbocycles. The van der Waals surface area contributed by atoms with Crippen LogP contribution in [-0.2, 0) is 0 Å². The average Bonchev–Trinajstić information content (AvgIpc) is 1.78. The van der Waals surface area contributed by atoms with Crippen LogP contribution in [0.2, 0.25) is 0 Å². The lowest BCUT2D eigenvalue weighted by atomic mass is 10.2. The summed E-state index contributed by atoms with van der Waals surface area (Å²) in [5, 5.41) is 3.35. The Morgan fingerprint density at radius 1 is 1.40 bits per heavy atom. The van der Waals surface area contributed by atoms with E-state index in [0.717, 1.165) is 13.1 Å². The third kappa shape index (κ3) is 8.31. The fourth-order valence-corrected chi connectivity index (χ4v) is 0.808. The third-order valence-electron chi connectivity index (χ3n) is 1.26. The average molecular weight is 161 g/mol. The van der Waals surface area contributed by atoms with E-state index in [9.17, 15) is 0 Å². The zero-order valence-electron chi connectivity index (χ0n) is 7.28. The van der Waals surface area contributed by atoms with Gasteiger partial charge < -0.3 is 5.32 Å². The van der Waals surface area contributed by atoms with Crippen LogP contribution in [0.4, 0.5) is 0 Å². The minimum atomic E-state index is 0.133. The zero-order valence-corrected chi connectivity index (χ0v) is 8.17. The Kier molecular flexibility index (Phi) is 5.18. The van der Waals surface area contributed by atoms with Gasteiger partial charge in [-0.25, -0.2) is 0 Å². The molecule has 0 atom stereocenters. The molecule has 0 bridgehead atoms. The predicted molar refractivity (Wildman–Crippen MR) is 50.8 cm³/mol. The molecule has 0 unspecified atom stereocenters. The van der Waals surface area contributed by atoms with Crippen LogP contribution in [0.5, 0.6) is 0 Å². The van der Waals surface area contributed by atoms with Crippen molar-refractivity contribution in [3.63, 3.8) is 0 Å². The van der Waals surface area contributed by atoms with E-state index in [1.165, 1.54) is 12.8 Å². The molecule has 2 heteroatoms. The summed E-state index contributed by atoms with van der Waals surface area (Å²) in [6.07, 6.45) is 2.53. The Morgan fingerprint density at radius 3 is 2.40 bits per heavy atom. The Labute approximate surface area is 70.0 Å². The van der Waals surface area contributed by atoms with Gasteiger partial charge in [0.2, 0.25) is 0 Å². The molecule has 0 aromatic rings. The fourth-order valence-electron chi connectivity index (χ4n) is 0.696. The van der Waals surface area contributed by atoms with Crippen molar-refractivity contribution in [2.45, 2.75) is 38.4 Å². The molecule has 0 rings (SSSR count). The number of rotatable bonds is 5. The second-order valence-electron chi connectivity index (χ2n) is 3.34. The van der Waals surface area contributed by atoms with E-state index in [0.29, 0.717) is 0 Å². The molecule has 1 nitrogen and oxygen atoms in total. The molecule has 0 aliphatic heterocycles. The number of nitrogens with one attached hydrogen (secondary N) is 1. The summed E-state index contributed by atoms with van der Waals surface area (Å²) in [6, 6.07) is 0. The largest absolute Gasteiger partial charge is 0.315 e. The second kappa shape index (κ2) is 5.03. The van der Waals surface area contributed by atoms with Gasteiger partial charge in [-0.15, -0.1) is 0 Å². The molecule has 1 N–H and O–H groups in total. The van der Waals surface area contributed by atoms with Crippen molar-refractivity contribution in [2.75, 3.05) is 13.1 Å². The lowest BCUT2D eigenvalue weighted by Crippen LogP contribution is -2.30. The maximum absolute atomic E-state index is 4.39. The van der Waals surface area contributed by atoms with Crippen molar-refractivity contribution >= 4 is 12.6 Å². The molecule has 62 valence electrons. The molecule has 0 aliphatic carbocycles. The van der Waals surface area contributed by atoms with Gasteiger partial charge in [-0.3, -0.25) is 0 Å². The number of unbranched alkanes of at least 4 members (excludes halogenated alkanes) is 1. The standard InChI is InChI=1S/C8H19NS/c1-4-5-6-9-7-8(2,3)10/h9-10H,4-7H2,1-3H3. The molecule has 0 aliphatic rings. The number of hydrogen-bond acceptors (Lipinski definition) is 2. The van der Waals surface area contributed by atoms with Crippen LogP contribution in [0.25, 0.3) is 0 Å². The van der Waals surface area contributed by atoms with Gasteiger partial charge in [-0.05, 0) is 26.8 Å². The first-order chi connectivity index (χ1) is 4.56. The van der Waals surface area contributed by atoms with Crippen LogP contribution in [0.1, 0.15) is 33.6 Å². The van der Waals surface area contributed by atoms with Gasteiger partial charge in [0, 0.05) is 11.3 Å². The van der Waals surface area contributed by atoms with Crippen LogP contribution >= 0.6 is 12.6 Å². The summed E-state index contributed by atoms with van der Waals surface area (Å²) >= 11 is 4.39. The SMILES string of the molecule is CCCCNCC(C)(C)S. The lowest BCUT2D eigenvalue weighted by molar-refractivity contribution is 0.575. The van der Waals surface area contributed by atoms with Crippen molar-refractivity contribution in [3.05, 3.63) is 0 Å². The van der Waals surface area contributed by atoms with Crippen LogP contribution < -0.4 is 5.32 Å². The maximum Gasteiger partial charge on any atom is 0.0198 e. The van der Waals surface area contributed by atoms with Crippen LogP contribution in [0.15, 0.2) is 0 Å². The lowest BCUT2D eigenvalue weighted by Gasteiger charge is -2.17. The smallest absolute Gasteiger partial charge is 0.0198 e. The molecule has 0 spiro atoms. The Balaban J connectivity index is 3.04. The first-order valence-corrected chi connectivity index (χ1v) is 4.44. The summed E-state index contributed by atoms with van der Waals surface area (Å²) in [4.78, 5) is 0. The third-order valence-corrected chi connectivity index (χ3v) is 1.42. The molecule has 0 saturated carbocycles. The number of thiol groups is 1. The van der Waals surface area contributed by atoms with Gasteiger partial charge in [0.05, 0.1) is 0 Å². The second-order valence-corrected chi connectivity index (χ2v) is 4.55. The summed E-state index contributed by atoms with van der Waals surface area (Å²) < 4.78 is 0.133. The Morgan fingerprint density at radius 2 is 2.00 bits per heavy atom. The van der Waals surface area contributed by atoms with Gasteiger partial charge in [0.15, 0.2) is 0 Å². The summed E-state index contributed by atoms with van der Waals surface area (Å²) in [5.41, 5.74) is 0. The van der Waals surface area contributed by atoms with Gasteiger partial charge in [-0.1, -0.05) is 13.3 Å². The van der Waals surface area contributed by atoms with Gasteiger partial charge in [-0.2, -0.15) is 12.6 Å². The van der Waals surface area contributed by atoms with Crippen molar-refractivity contribution in [1.29, 1.82) is 0 Å². The van der Waals surface area contributed by atoms with Crippen LogP contribution in [-0.4, -0.2) is 17.8 Å². The normalized spacial score (nSPS) is 12.0. The molecular weight excluding hydrogens is 142 g/mol. The van der Waals surface area contributed by atoms with Crippen LogP contribution in [0, 0.1) is 0 Å². The highest BCUT2D eigenvalue weighted by Gasteiger charge is 2.08. The summed E-state index contributed by atoms with van der Waals surface area (Å²) in [7, 11) is 0. The van der Waals surface area contributed by atoms with E-state index in [2.05, 4.69) is 38.7 Å². The molecule has 0 fully saturated rings. The van der Waals surface area contributed by atoms with E-state index < -0.39 is 0 Å². The first kappa shape index (κ1) is 10.3. The first-order valence-electron chi connectivity index (χ1n) is 3.99.